The number of thioether (sulfide) groups is 1. The van der Waals surface area contributed by atoms with E-state index >= 15 is 0 Å². The Balaban J connectivity index is 2.92. The SMILES string of the molecule is FC(F)(F)c1ccccc1SCCCl. The molecule has 0 atom stereocenters. The Morgan fingerprint density at radius 1 is 1.21 bits per heavy atom. The van der Waals surface area contributed by atoms with Gasteiger partial charge in [0, 0.05) is 16.5 Å². The van der Waals surface area contributed by atoms with Crippen LogP contribution in [0.25, 0.3) is 0 Å². The van der Waals surface area contributed by atoms with Gasteiger partial charge in [-0.15, -0.1) is 23.4 Å². The first kappa shape index (κ1) is 11.7. The molecule has 0 heterocycles. The summed E-state index contributed by atoms with van der Waals surface area (Å²) < 4.78 is 37.3. The quantitative estimate of drug-likeness (QED) is 0.568. The van der Waals surface area contributed by atoms with Crippen LogP contribution in [0, 0.1) is 0 Å². The summed E-state index contributed by atoms with van der Waals surface area (Å²) in [6.45, 7) is 0. The van der Waals surface area contributed by atoms with Crippen LogP contribution in [0.4, 0.5) is 13.2 Å². The maximum atomic E-state index is 12.4. The second-order valence-electron chi connectivity index (χ2n) is 2.53. The smallest absolute Gasteiger partial charge is 0.166 e. The molecule has 1 rings (SSSR count). The fourth-order valence-corrected chi connectivity index (χ4v) is 2.02. The van der Waals surface area contributed by atoms with E-state index in [1.165, 1.54) is 12.1 Å². The summed E-state index contributed by atoms with van der Waals surface area (Å²) in [6, 6.07) is 5.51. The highest BCUT2D eigenvalue weighted by Crippen LogP contribution is 2.36. The van der Waals surface area contributed by atoms with E-state index in [0.717, 1.165) is 17.8 Å². The fraction of sp³-hybridized carbons (Fsp3) is 0.333. The van der Waals surface area contributed by atoms with Crippen LogP contribution in [-0.4, -0.2) is 11.6 Å². The summed E-state index contributed by atoms with van der Waals surface area (Å²) in [5.74, 6) is 0.825. The third-order valence-corrected chi connectivity index (χ3v) is 3.02. The normalized spacial score (nSPS) is 11.7. The molecule has 0 saturated carbocycles. The lowest BCUT2D eigenvalue weighted by Crippen LogP contribution is -2.06. The van der Waals surface area contributed by atoms with Gasteiger partial charge in [-0.25, -0.2) is 0 Å². The summed E-state index contributed by atoms with van der Waals surface area (Å²) in [4.78, 5) is 0.237. The van der Waals surface area contributed by atoms with E-state index in [4.69, 9.17) is 11.6 Å². The first-order valence-electron chi connectivity index (χ1n) is 3.90. The molecule has 1 aromatic carbocycles. The highest BCUT2D eigenvalue weighted by molar-refractivity contribution is 7.99. The molecule has 0 saturated heterocycles. The molecule has 0 fully saturated rings. The van der Waals surface area contributed by atoms with Crippen molar-refractivity contribution in [1.29, 1.82) is 0 Å². The van der Waals surface area contributed by atoms with E-state index in [9.17, 15) is 13.2 Å². The standard InChI is InChI=1S/C9H8ClF3S/c10-5-6-14-8-4-2-1-3-7(8)9(11,12)13/h1-4H,5-6H2. The van der Waals surface area contributed by atoms with Crippen LogP contribution in [0.15, 0.2) is 29.2 Å². The highest BCUT2D eigenvalue weighted by Gasteiger charge is 2.32. The zero-order valence-electron chi connectivity index (χ0n) is 7.14. The zero-order chi connectivity index (χ0) is 10.6. The van der Waals surface area contributed by atoms with Gasteiger partial charge >= 0.3 is 6.18 Å². The van der Waals surface area contributed by atoms with Crippen molar-refractivity contribution in [3.63, 3.8) is 0 Å². The lowest BCUT2D eigenvalue weighted by Gasteiger charge is -2.11. The van der Waals surface area contributed by atoms with Gasteiger partial charge in [-0.2, -0.15) is 13.2 Å². The van der Waals surface area contributed by atoms with Crippen molar-refractivity contribution in [3.8, 4) is 0 Å². The Morgan fingerprint density at radius 2 is 1.86 bits per heavy atom. The molecular weight excluding hydrogens is 233 g/mol. The Kier molecular flexibility index (Phi) is 4.13. The molecule has 0 amide bonds. The zero-order valence-corrected chi connectivity index (χ0v) is 8.72. The molecule has 0 aromatic heterocycles. The van der Waals surface area contributed by atoms with Gasteiger partial charge in [0.2, 0.25) is 0 Å². The molecule has 0 radical (unpaired) electrons. The van der Waals surface area contributed by atoms with Crippen molar-refractivity contribution in [3.05, 3.63) is 29.8 Å². The minimum absolute atomic E-state index is 0.237. The van der Waals surface area contributed by atoms with Crippen molar-refractivity contribution in [2.75, 3.05) is 11.6 Å². The number of rotatable bonds is 3. The average molecular weight is 241 g/mol. The first-order chi connectivity index (χ1) is 6.55. The van der Waals surface area contributed by atoms with Crippen molar-refractivity contribution < 1.29 is 13.2 Å². The maximum Gasteiger partial charge on any atom is 0.417 e. The largest absolute Gasteiger partial charge is 0.417 e. The van der Waals surface area contributed by atoms with E-state index in [-0.39, 0.29) is 4.90 Å². The number of hydrogen-bond donors (Lipinski definition) is 0. The molecule has 0 aliphatic rings. The minimum atomic E-state index is -4.28. The third kappa shape index (κ3) is 3.10. The van der Waals surface area contributed by atoms with Gasteiger partial charge in [0.15, 0.2) is 0 Å². The molecular formula is C9H8ClF3S. The van der Waals surface area contributed by atoms with Gasteiger partial charge in [-0.05, 0) is 12.1 Å². The van der Waals surface area contributed by atoms with Crippen molar-refractivity contribution in [1.82, 2.24) is 0 Å². The van der Waals surface area contributed by atoms with Crippen LogP contribution in [0.2, 0.25) is 0 Å². The number of hydrogen-bond acceptors (Lipinski definition) is 1. The molecule has 14 heavy (non-hydrogen) atoms. The summed E-state index contributed by atoms with van der Waals surface area (Å²) in [5, 5.41) is 0. The molecule has 1 aromatic rings. The maximum absolute atomic E-state index is 12.4. The van der Waals surface area contributed by atoms with Gasteiger partial charge < -0.3 is 0 Å². The van der Waals surface area contributed by atoms with E-state index in [1.54, 1.807) is 6.07 Å². The van der Waals surface area contributed by atoms with Gasteiger partial charge in [-0.1, -0.05) is 12.1 Å². The van der Waals surface area contributed by atoms with Crippen LogP contribution in [0.3, 0.4) is 0 Å². The molecule has 0 bridgehead atoms. The van der Waals surface area contributed by atoms with Crippen LogP contribution in [0.5, 0.6) is 0 Å². The van der Waals surface area contributed by atoms with Crippen LogP contribution in [-0.2, 0) is 6.18 Å². The van der Waals surface area contributed by atoms with Crippen molar-refractivity contribution >= 4 is 23.4 Å². The summed E-state index contributed by atoms with van der Waals surface area (Å²) in [5.41, 5.74) is -0.588. The van der Waals surface area contributed by atoms with E-state index < -0.39 is 11.7 Å². The fourth-order valence-electron chi connectivity index (χ4n) is 0.975. The van der Waals surface area contributed by atoms with Crippen LogP contribution >= 0.6 is 23.4 Å². The number of benzene rings is 1. The van der Waals surface area contributed by atoms with Crippen molar-refractivity contribution in [2.45, 2.75) is 11.1 Å². The van der Waals surface area contributed by atoms with Gasteiger partial charge in [-0.3, -0.25) is 0 Å². The summed E-state index contributed by atoms with van der Waals surface area (Å²) in [6.07, 6.45) is -4.28. The molecule has 78 valence electrons. The molecule has 0 unspecified atom stereocenters. The minimum Gasteiger partial charge on any atom is -0.166 e. The molecule has 5 heteroatoms. The van der Waals surface area contributed by atoms with Gasteiger partial charge in [0.05, 0.1) is 5.56 Å². The Hall–Kier alpha value is -0.350. The third-order valence-electron chi connectivity index (χ3n) is 1.53. The Labute approximate surface area is 89.4 Å². The van der Waals surface area contributed by atoms with Crippen molar-refractivity contribution in [2.24, 2.45) is 0 Å². The molecule has 0 nitrogen and oxygen atoms in total. The molecule has 0 aliphatic carbocycles. The van der Waals surface area contributed by atoms with Gasteiger partial charge in [0.25, 0.3) is 0 Å². The second-order valence-corrected chi connectivity index (χ2v) is 4.05. The van der Waals surface area contributed by atoms with E-state index in [0.29, 0.717) is 11.6 Å². The predicted octanol–water partition coefficient (Wildman–Crippen LogP) is 4.04. The summed E-state index contributed by atoms with van der Waals surface area (Å²) >= 11 is 6.54. The lowest BCUT2D eigenvalue weighted by molar-refractivity contribution is -0.139. The van der Waals surface area contributed by atoms with E-state index in [2.05, 4.69) is 0 Å². The number of alkyl halides is 4. The Morgan fingerprint density at radius 3 is 2.43 bits per heavy atom. The predicted molar refractivity (Wildman–Crippen MR) is 52.9 cm³/mol. The highest BCUT2D eigenvalue weighted by atomic mass is 35.5. The Bertz CT molecular complexity index is 298. The van der Waals surface area contributed by atoms with Crippen LogP contribution < -0.4 is 0 Å². The number of halogens is 4. The molecule has 0 aliphatic heterocycles. The topological polar surface area (TPSA) is 0 Å². The molecule has 0 N–H and O–H groups in total. The summed E-state index contributed by atoms with van der Waals surface area (Å²) in [7, 11) is 0. The van der Waals surface area contributed by atoms with Gasteiger partial charge in [0.1, 0.15) is 0 Å². The van der Waals surface area contributed by atoms with E-state index in [1.807, 2.05) is 0 Å². The lowest BCUT2D eigenvalue weighted by atomic mass is 10.2. The monoisotopic (exact) mass is 240 g/mol. The van der Waals surface area contributed by atoms with Crippen LogP contribution in [0.1, 0.15) is 5.56 Å². The first-order valence-corrected chi connectivity index (χ1v) is 5.42. The molecule has 0 spiro atoms. The second kappa shape index (κ2) is 4.94. The average Bonchev–Trinajstić information content (AvgIpc) is 2.14.